The van der Waals surface area contributed by atoms with Gasteiger partial charge < -0.3 is 19.3 Å². The van der Waals surface area contributed by atoms with Crippen molar-refractivity contribution >= 4 is 40.4 Å². The first-order valence-corrected chi connectivity index (χ1v) is 12.7. The number of hydrogen-bond donors (Lipinski definition) is 1. The number of carbonyl (C=O) groups excluding carboxylic acids is 1. The van der Waals surface area contributed by atoms with Crippen molar-refractivity contribution in [3.63, 3.8) is 0 Å². The number of carboxylic acids is 1. The van der Waals surface area contributed by atoms with Gasteiger partial charge in [-0.2, -0.15) is 0 Å². The molecule has 36 heavy (non-hydrogen) atoms. The maximum atomic E-state index is 12.6. The second-order valence-electron chi connectivity index (χ2n) is 10.1. The zero-order chi connectivity index (χ0) is 25.6. The molecule has 1 atom stereocenters. The molecule has 190 valence electrons. The van der Waals surface area contributed by atoms with Crippen LogP contribution < -0.4 is 9.80 Å². The van der Waals surface area contributed by atoms with Crippen LogP contribution in [-0.4, -0.2) is 46.9 Å². The molecule has 1 aliphatic carbocycles. The molecule has 1 aromatic heterocycles. The predicted molar refractivity (Wildman–Crippen MR) is 140 cm³/mol. The quantitative estimate of drug-likeness (QED) is 0.495. The summed E-state index contributed by atoms with van der Waals surface area (Å²) in [5, 5.41) is 9.52. The van der Waals surface area contributed by atoms with Gasteiger partial charge in [-0.3, -0.25) is 9.69 Å². The largest absolute Gasteiger partial charge is 0.481 e. The Hall–Kier alpha value is -3.55. The Morgan fingerprint density at radius 1 is 1.08 bits per heavy atom. The van der Waals surface area contributed by atoms with E-state index >= 15 is 0 Å². The molecule has 2 heterocycles. The molecule has 0 saturated heterocycles. The Balaban J connectivity index is 1.67. The van der Waals surface area contributed by atoms with Gasteiger partial charge in [-0.05, 0) is 76.1 Å². The molecule has 0 unspecified atom stereocenters. The molecule has 0 bridgehead atoms. The standard InChI is InChI=1S/C28H34N4O4/c1-17-7-5-6-8-22(17)30(3)27-29-25-21-14-9-18(2)31(28(35)36-4)23(21)15-16-24(25)32(27)20-12-10-19(11-13-20)26(33)34/h5-8,15-16,18-20H,9-14H2,1-4H3,(H,33,34)/t18-,19?,20?/m0/s1. The van der Waals surface area contributed by atoms with E-state index in [0.29, 0.717) is 12.8 Å². The third-order valence-electron chi connectivity index (χ3n) is 8.00. The highest BCUT2D eigenvalue weighted by Gasteiger charge is 2.34. The molecule has 5 rings (SSSR count). The average molecular weight is 491 g/mol. The van der Waals surface area contributed by atoms with Crippen molar-refractivity contribution in [3.05, 3.63) is 47.5 Å². The highest BCUT2D eigenvalue weighted by atomic mass is 16.5. The van der Waals surface area contributed by atoms with E-state index in [2.05, 4.69) is 34.6 Å². The summed E-state index contributed by atoms with van der Waals surface area (Å²) in [5.74, 6) is -0.140. The fourth-order valence-electron chi connectivity index (χ4n) is 5.99. The summed E-state index contributed by atoms with van der Waals surface area (Å²) in [6.07, 6.45) is 4.21. The van der Waals surface area contributed by atoms with Crippen LogP contribution >= 0.6 is 0 Å². The number of fused-ring (bicyclic) bond motifs is 3. The number of nitrogens with zero attached hydrogens (tertiary/aromatic N) is 4. The number of carbonyl (C=O) groups is 2. The van der Waals surface area contributed by atoms with Crippen LogP contribution in [0.2, 0.25) is 0 Å². The second-order valence-corrected chi connectivity index (χ2v) is 10.1. The summed E-state index contributed by atoms with van der Waals surface area (Å²) < 4.78 is 7.40. The summed E-state index contributed by atoms with van der Waals surface area (Å²) in [6.45, 7) is 4.13. The number of imidazole rings is 1. The number of para-hydroxylation sites is 1. The van der Waals surface area contributed by atoms with Crippen LogP contribution in [0.3, 0.4) is 0 Å². The first-order chi connectivity index (χ1) is 17.3. The monoisotopic (exact) mass is 490 g/mol. The normalized spacial score (nSPS) is 21.8. The zero-order valence-corrected chi connectivity index (χ0v) is 21.4. The number of aryl methyl sites for hydroxylation is 2. The lowest BCUT2D eigenvalue weighted by Crippen LogP contribution is -2.42. The zero-order valence-electron chi connectivity index (χ0n) is 21.4. The highest BCUT2D eigenvalue weighted by molar-refractivity contribution is 5.96. The van der Waals surface area contributed by atoms with E-state index in [9.17, 15) is 14.7 Å². The third kappa shape index (κ3) is 3.98. The molecule has 3 aromatic rings. The van der Waals surface area contributed by atoms with Gasteiger partial charge in [0.15, 0.2) is 0 Å². The fourth-order valence-corrected chi connectivity index (χ4v) is 5.99. The molecular weight excluding hydrogens is 456 g/mol. The number of ether oxygens (including phenoxy) is 1. The van der Waals surface area contributed by atoms with E-state index in [1.165, 1.54) is 7.11 Å². The van der Waals surface area contributed by atoms with Gasteiger partial charge in [-0.15, -0.1) is 0 Å². The minimum absolute atomic E-state index is 0.0462. The topological polar surface area (TPSA) is 87.9 Å². The maximum absolute atomic E-state index is 12.6. The molecule has 1 aliphatic heterocycles. The molecule has 0 radical (unpaired) electrons. The highest BCUT2D eigenvalue weighted by Crippen LogP contribution is 2.43. The van der Waals surface area contributed by atoms with Crippen molar-refractivity contribution in [1.82, 2.24) is 9.55 Å². The summed E-state index contributed by atoms with van der Waals surface area (Å²) in [5.41, 5.74) is 6.09. The number of aliphatic carboxylic acids is 1. The smallest absolute Gasteiger partial charge is 0.414 e. The Kier molecular flexibility index (Phi) is 6.36. The average Bonchev–Trinajstić information content (AvgIpc) is 3.28. The van der Waals surface area contributed by atoms with Crippen LogP contribution in [0.1, 0.15) is 56.2 Å². The Bertz CT molecular complexity index is 1310. The summed E-state index contributed by atoms with van der Waals surface area (Å²) in [4.78, 5) is 33.3. The number of aromatic nitrogens is 2. The van der Waals surface area contributed by atoms with Crippen LogP contribution in [-0.2, 0) is 16.0 Å². The first kappa shape index (κ1) is 24.2. The lowest BCUT2D eigenvalue weighted by atomic mass is 9.86. The minimum Gasteiger partial charge on any atom is -0.481 e. The van der Waals surface area contributed by atoms with Crippen molar-refractivity contribution in [3.8, 4) is 0 Å². The minimum atomic E-state index is -0.702. The van der Waals surface area contributed by atoms with Crippen molar-refractivity contribution in [2.75, 3.05) is 24.0 Å². The molecule has 8 nitrogen and oxygen atoms in total. The molecule has 8 heteroatoms. The number of rotatable bonds is 4. The molecule has 0 spiro atoms. The van der Waals surface area contributed by atoms with E-state index in [1.54, 1.807) is 4.90 Å². The van der Waals surface area contributed by atoms with Crippen LogP contribution in [0, 0.1) is 12.8 Å². The summed E-state index contributed by atoms with van der Waals surface area (Å²) in [7, 11) is 3.46. The number of methoxy groups -OCH3 is 1. The van der Waals surface area contributed by atoms with Crippen molar-refractivity contribution in [1.29, 1.82) is 0 Å². The summed E-state index contributed by atoms with van der Waals surface area (Å²) in [6, 6.07) is 12.5. The molecular formula is C28H34N4O4. The van der Waals surface area contributed by atoms with Gasteiger partial charge in [-0.25, -0.2) is 9.78 Å². The predicted octanol–water partition coefficient (Wildman–Crippen LogP) is 5.84. The maximum Gasteiger partial charge on any atom is 0.414 e. The molecule has 1 fully saturated rings. The van der Waals surface area contributed by atoms with Crippen LogP contribution in [0.25, 0.3) is 11.0 Å². The van der Waals surface area contributed by atoms with Gasteiger partial charge in [0, 0.05) is 30.4 Å². The van der Waals surface area contributed by atoms with E-state index in [-0.39, 0.29) is 24.1 Å². The Morgan fingerprint density at radius 2 is 1.81 bits per heavy atom. The number of anilines is 3. The molecule has 1 N–H and O–H groups in total. The molecule has 2 aliphatic rings. The van der Waals surface area contributed by atoms with Gasteiger partial charge in [0.2, 0.25) is 5.95 Å². The van der Waals surface area contributed by atoms with Gasteiger partial charge in [0.05, 0.1) is 29.7 Å². The van der Waals surface area contributed by atoms with E-state index in [4.69, 9.17) is 9.72 Å². The molecule has 1 saturated carbocycles. The second kappa shape index (κ2) is 9.48. The van der Waals surface area contributed by atoms with Crippen LogP contribution in [0.5, 0.6) is 0 Å². The van der Waals surface area contributed by atoms with Crippen molar-refractivity contribution in [2.24, 2.45) is 5.92 Å². The van der Waals surface area contributed by atoms with Gasteiger partial charge >= 0.3 is 12.1 Å². The number of carboxylic acid groups (broad SMARTS) is 1. The molecule has 1 amide bonds. The lowest BCUT2D eigenvalue weighted by Gasteiger charge is -2.34. The van der Waals surface area contributed by atoms with Gasteiger partial charge in [0.25, 0.3) is 0 Å². The van der Waals surface area contributed by atoms with Crippen LogP contribution in [0.15, 0.2) is 36.4 Å². The third-order valence-corrected chi connectivity index (χ3v) is 8.00. The summed E-state index contributed by atoms with van der Waals surface area (Å²) >= 11 is 0. The van der Waals surface area contributed by atoms with E-state index in [0.717, 1.165) is 65.2 Å². The van der Waals surface area contributed by atoms with E-state index in [1.807, 2.05) is 32.2 Å². The fraction of sp³-hybridized carbons (Fsp3) is 0.464. The lowest BCUT2D eigenvalue weighted by molar-refractivity contribution is -0.143. The Labute approximate surface area is 211 Å². The molecule has 2 aromatic carbocycles. The van der Waals surface area contributed by atoms with Crippen molar-refractivity contribution in [2.45, 2.75) is 64.5 Å². The first-order valence-electron chi connectivity index (χ1n) is 12.7. The Morgan fingerprint density at radius 3 is 2.47 bits per heavy atom. The SMILES string of the molecule is COC(=O)N1c2ccc3c(nc(N(C)c4ccccc4C)n3C3CCC(C(=O)O)CC3)c2CC[C@@H]1C. The van der Waals surface area contributed by atoms with Gasteiger partial charge in [-0.1, -0.05) is 18.2 Å². The van der Waals surface area contributed by atoms with Crippen LogP contribution in [0.4, 0.5) is 22.1 Å². The number of hydrogen-bond acceptors (Lipinski definition) is 5. The number of benzene rings is 2. The number of amides is 1. The van der Waals surface area contributed by atoms with Crippen molar-refractivity contribution < 1.29 is 19.4 Å². The van der Waals surface area contributed by atoms with Gasteiger partial charge in [0.1, 0.15) is 0 Å². The van der Waals surface area contributed by atoms with E-state index < -0.39 is 5.97 Å².